The van der Waals surface area contributed by atoms with Gasteiger partial charge in [0.25, 0.3) is 0 Å². The monoisotopic (exact) mass is 215 g/mol. The van der Waals surface area contributed by atoms with Crippen LogP contribution >= 0.6 is 0 Å². The lowest BCUT2D eigenvalue weighted by Crippen LogP contribution is -2.31. The van der Waals surface area contributed by atoms with Gasteiger partial charge in [-0.2, -0.15) is 0 Å². The first-order chi connectivity index (χ1) is 7.36. The molecule has 1 fully saturated rings. The Morgan fingerprint density at radius 3 is 2.53 bits per heavy atom. The fourth-order valence-corrected chi connectivity index (χ4v) is 1.70. The van der Waals surface area contributed by atoms with E-state index in [0.29, 0.717) is 6.10 Å². The fourth-order valence-electron chi connectivity index (χ4n) is 1.70. The minimum Gasteiger partial charge on any atom is -0.353 e. The van der Waals surface area contributed by atoms with Gasteiger partial charge >= 0.3 is 0 Å². The van der Waals surface area contributed by atoms with Gasteiger partial charge < -0.3 is 9.47 Å². The van der Waals surface area contributed by atoms with Crippen molar-refractivity contribution in [3.05, 3.63) is 6.92 Å². The minimum atomic E-state index is 0.0698. The molecule has 0 amide bonds. The summed E-state index contributed by atoms with van der Waals surface area (Å²) in [6.45, 7) is 10.2. The van der Waals surface area contributed by atoms with Crippen molar-refractivity contribution < 1.29 is 9.47 Å². The van der Waals surface area contributed by atoms with Crippen LogP contribution in [0.3, 0.4) is 0 Å². The Bertz CT molecular complexity index is 126. The van der Waals surface area contributed by atoms with E-state index in [1.807, 2.05) is 0 Å². The Balaban J connectivity index is 0.000000921. The smallest absolute Gasteiger partial charge is 0.157 e. The molecule has 91 valence electrons. The van der Waals surface area contributed by atoms with E-state index in [9.17, 15) is 0 Å². The van der Waals surface area contributed by atoms with E-state index in [1.165, 1.54) is 25.7 Å². The maximum absolute atomic E-state index is 5.76. The Kier molecular flexibility index (Phi) is 10.4. The van der Waals surface area contributed by atoms with Gasteiger partial charge in [-0.15, -0.1) is 0 Å². The van der Waals surface area contributed by atoms with E-state index in [2.05, 4.69) is 20.8 Å². The highest BCUT2D eigenvalue weighted by Gasteiger charge is 2.20. The highest BCUT2D eigenvalue weighted by atomic mass is 16.7. The van der Waals surface area contributed by atoms with E-state index in [0.717, 1.165) is 19.4 Å². The second kappa shape index (κ2) is 10.4. The molecular formula is C13H27O2. The fraction of sp³-hybridized carbons (Fsp3) is 0.923. The quantitative estimate of drug-likeness (QED) is 0.646. The summed E-state index contributed by atoms with van der Waals surface area (Å²) in [6.07, 6.45) is 7.74. The van der Waals surface area contributed by atoms with Gasteiger partial charge in [0, 0.05) is 0 Å². The first kappa shape index (κ1) is 14.9. The summed E-state index contributed by atoms with van der Waals surface area (Å²) in [6, 6.07) is 0. The lowest BCUT2D eigenvalue weighted by molar-refractivity contribution is -0.214. The molecular weight excluding hydrogens is 188 g/mol. The molecule has 2 heteroatoms. The van der Waals surface area contributed by atoms with Gasteiger partial charge in [-0.25, -0.2) is 0 Å². The van der Waals surface area contributed by atoms with Gasteiger partial charge in [0.1, 0.15) is 0 Å². The van der Waals surface area contributed by atoms with Crippen LogP contribution in [0.1, 0.15) is 59.3 Å². The first-order valence-electron chi connectivity index (χ1n) is 6.34. The highest BCUT2D eigenvalue weighted by molar-refractivity contribution is 4.63. The van der Waals surface area contributed by atoms with Gasteiger partial charge in [-0.3, -0.25) is 0 Å². The van der Waals surface area contributed by atoms with Gasteiger partial charge in [0.15, 0.2) is 6.29 Å². The molecule has 0 bridgehead atoms. The predicted octanol–water partition coefficient (Wildman–Crippen LogP) is 3.95. The van der Waals surface area contributed by atoms with E-state index in [-0.39, 0.29) is 6.29 Å². The van der Waals surface area contributed by atoms with E-state index in [4.69, 9.17) is 9.47 Å². The average molecular weight is 215 g/mol. The van der Waals surface area contributed by atoms with Crippen molar-refractivity contribution in [3.8, 4) is 0 Å². The number of ether oxygens (including phenoxy) is 2. The largest absolute Gasteiger partial charge is 0.353 e. The third kappa shape index (κ3) is 6.91. The van der Waals surface area contributed by atoms with E-state index < -0.39 is 0 Å². The number of hydrogen-bond acceptors (Lipinski definition) is 2. The molecule has 0 aromatic heterocycles. The molecule has 1 rings (SSSR count). The average Bonchev–Trinajstić information content (AvgIpc) is 2.32. The summed E-state index contributed by atoms with van der Waals surface area (Å²) in [5.74, 6) is 0. The second-order valence-corrected chi connectivity index (χ2v) is 3.75. The van der Waals surface area contributed by atoms with Crippen LogP contribution in [0.2, 0.25) is 0 Å². The topological polar surface area (TPSA) is 18.5 Å². The van der Waals surface area contributed by atoms with Crippen LogP contribution in [0, 0.1) is 6.92 Å². The maximum atomic E-state index is 5.76. The molecule has 0 aromatic carbocycles. The van der Waals surface area contributed by atoms with Gasteiger partial charge in [-0.1, -0.05) is 47.0 Å². The molecule has 0 aromatic rings. The van der Waals surface area contributed by atoms with Gasteiger partial charge in [-0.05, 0) is 19.3 Å². The number of rotatable bonds is 5. The van der Waals surface area contributed by atoms with Crippen molar-refractivity contribution in [2.24, 2.45) is 0 Å². The predicted molar refractivity (Wildman–Crippen MR) is 64.7 cm³/mol. The van der Waals surface area contributed by atoms with Crippen LogP contribution in [0.15, 0.2) is 0 Å². The summed E-state index contributed by atoms with van der Waals surface area (Å²) in [5, 5.41) is 0. The standard InChI is InChI=1S/C11H22O2.C2H5/c1-3-5-6-7-10-8-9-12-11(4-2)13-10;1-2/h10-11H,3-9H2,1-2H3;1H2,2H3. The van der Waals surface area contributed by atoms with Crippen LogP contribution in [-0.4, -0.2) is 19.0 Å². The molecule has 1 aliphatic heterocycles. The molecule has 0 spiro atoms. The molecule has 1 aliphatic rings. The molecule has 0 saturated carbocycles. The molecule has 1 heterocycles. The number of hydrogen-bond donors (Lipinski definition) is 0. The Morgan fingerprint density at radius 2 is 1.93 bits per heavy atom. The third-order valence-electron chi connectivity index (χ3n) is 2.55. The van der Waals surface area contributed by atoms with Gasteiger partial charge in [0.2, 0.25) is 0 Å². The molecule has 0 N–H and O–H groups in total. The molecule has 0 aliphatic carbocycles. The number of unbranched alkanes of at least 4 members (excludes halogenated alkanes) is 2. The zero-order valence-electron chi connectivity index (χ0n) is 10.6. The minimum absolute atomic E-state index is 0.0698. The zero-order chi connectivity index (χ0) is 11.5. The molecule has 2 nitrogen and oxygen atoms in total. The Hall–Kier alpha value is -0.0800. The zero-order valence-corrected chi connectivity index (χ0v) is 10.6. The lowest BCUT2D eigenvalue weighted by atomic mass is 10.1. The molecule has 2 unspecified atom stereocenters. The Morgan fingerprint density at radius 1 is 1.20 bits per heavy atom. The van der Waals surface area contributed by atoms with Crippen molar-refractivity contribution in [1.29, 1.82) is 0 Å². The third-order valence-corrected chi connectivity index (χ3v) is 2.55. The highest BCUT2D eigenvalue weighted by Crippen LogP contribution is 2.19. The summed E-state index contributed by atoms with van der Waals surface area (Å²) in [7, 11) is 0. The summed E-state index contributed by atoms with van der Waals surface area (Å²) in [5.41, 5.74) is 0. The molecule has 1 radical (unpaired) electrons. The summed E-state index contributed by atoms with van der Waals surface area (Å²) < 4.78 is 11.2. The second-order valence-electron chi connectivity index (χ2n) is 3.75. The summed E-state index contributed by atoms with van der Waals surface area (Å²) in [4.78, 5) is 0. The lowest BCUT2D eigenvalue weighted by Gasteiger charge is -2.29. The first-order valence-corrected chi connectivity index (χ1v) is 6.34. The summed E-state index contributed by atoms with van der Waals surface area (Å²) >= 11 is 0. The van der Waals surface area contributed by atoms with Crippen LogP contribution in [-0.2, 0) is 9.47 Å². The van der Waals surface area contributed by atoms with Crippen LogP contribution in [0.4, 0.5) is 0 Å². The normalized spacial score (nSPS) is 25.6. The molecule has 15 heavy (non-hydrogen) atoms. The van der Waals surface area contributed by atoms with Gasteiger partial charge in [0.05, 0.1) is 12.7 Å². The van der Waals surface area contributed by atoms with Crippen LogP contribution < -0.4 is 0 Å². The van der Waals surface area contributed by atoms with Crippen molar-refractivity contribution in [3.63, 3.8) is 0 Å². The molecule has 2 atom stereocenters. The van der Waals surface area contributed by atoms with Crippen LogP contribution in [0.5, 0.6) is 0 Å². The van der Waals surface area contributed by atoms with Crippen molar-refractivity contribution in [2.75, 3.05) is 6.61 Å². The van der Waals surface area contributed by atoms with Crippen molar-refractivity contribution in [1.82, 2.24) is 0 Å². The van der Waals surface area contributed by atoms with E-state index in [1.54, 1.807) is 6.92 Å². The maximum Gasteiger partial charge on any atom is 0.157 e. The van der Waals surface area contributed by atoms with E-state index >= 15 is 0 Å². The molecule has 1 saturated heterocycles. The van der Waals surface area contributed by atoms with Crippen LogP contribution in [0.25, 0.3) is 0 Å². The van der Waals surface area contributed by atoms with Crippen molar-refractivity contribution >= 4 is 0 Å². The van der Waals surface area contributed by atoms with Crippen molar-refractivity contribution in [2.45, 2.75) is 71.7 Å². The SMILES string of the molecule is CCCCCC1CCOC(CC)O1.[CH2]C. The Labute approximate surface area is 95.3 Å².